The minimum absolute atomic E-state index is 0.157. The third-order valence-electron chi connectivity index (χ3n) is 4.62. The van der Waals surface area contributed by atoms with Crippen molar-refractivity contribution in [1.82, 2.24) is 9.97 Å². The maximum atomic E-state index is 12.6. The van der Waals surface area contributed by atoms with Crippen LogP contribution >= 0.6 is 0 Å². The molecule has 2 aliphatic rings. The topological polar surface area (TPSA) is 81.2 Å². The normalized spacial score (nSPS) is 16.5. The van der Waals surface area contributed by atoms with Crippen LogP contribution in [0.15, 0.2) is 23.1 Å². The fraction of sp³-hybridized carbons (Fsp3) is 0.412. The number of rotatable bonds is 3. The first kappa shape index (κ1) is 15.5. The van der Waals surface area contributed by atoms with E-state index in [9.17, 15) is 8.42 Å². The van der Waals surface area contributed by atoms with E-state index in [1.807, 2.05) is 6.92 Å². The second-order valence-electron chi connectivity index (χ2n) is 6.29. The van der Waals surface area contributed by atoms with Gasteiger partial charge in [-0.2, -0.15) is 0 Å². The van der Waals surface area contributed by atoms with Gasteiger partial charge in [0.1, 0.15) is 0 Å². The molecular formula is C17H19N3O3S. The monoisotopic (exact) mass is 345 g/mol. The van der Waals surface area contributed by atoms with Crippen molar-refractivity contribution in [2.24, 2.45) is 0 Å². The molecule has 4 rings (SSSR count). The molecule has 0 spiro atoms. The van der Waals surface area contributed by atoms with Crippen molar-refractivity contribution in [1.29, 1.82) is 0 Å². The number of fused-ring (bicyclic) bond motifs is 2. The van der Waals surface area contributed by atoms with Crippen molar-refractivity contribution >= 4 is 16.0 Å². The number of aromatic nitrogens is 2. The minimum atomic E-state index is -3.71. The van der Waals surface area contributed by atoms with Gasteiger partial charge in [-0.3, -0.25) is 0 Å². The lowest BCUT2D eigenvalue weighted by atomic mass is 9.95. The zero-order valence-electron chi connectivity index (χ0n) is 13.5. The molecule has 1 aliphatic heterocycles. The molecule has 0 bridgehead atoms. The van der Waals surface area contributed by atoms with Crippen LogP contribution in [0.3, 0.4) is 0 Å². The second-order valence-corrected chi connectivity index (χ2v) is 7.98. The first-order chi connectivity index (χ1) is 11.5. The highest BCUT2D eigenvalue weighted by molar-refractivity contribution is 7.92. The van der Waals surface area contributed by atoms with Crippen LogP contribution in [-0.2, 0) is 40.8 Å². The number of nitrogens with one attached hydrogen (secondary N) is 1. The molecule has 0 amide bonds. The number of benzene rings is 1. The maximum Gasteiger partial charge on any atom is 0.264 e. The van der Waals surface area contributed by atoms with Gasteiger partial charge < -0.3 is 4.74 Å². The maximum absolute atomic E-state index is 12.6. The molecule has 1 aromatic heterocycles. The lowest BCUT2D eigenvalue weighted by Gasteiger charge is -2.18. The highest BCUT2D eigenvalue weighted by Gasteiger charge is 2.22. The molecule has 24 heavy (non-hydrogen) atoms. The molecule has 126 valence electrons. The average Bonchev–Trinajstić information content (AvgIpc) is 3.02. The number of hydrogen-bond donors (Lipinski definition) is 1. The van der Waals surface area contributed by atoms with E-state index in [0.29, 0.717) is 13.2 Å². The first-order valence-corrected chi connectivity index (χ1v) is 9.60. The van der Waals surface area contributed by atoms with Crippen molar-refractivity contribution in [3.8, 4) is 0 Å². The Kier molecular flexibility index (Phi) is 3.77. The molecular weight excluding hydrogens is 326 g/mol. The van der Waals surface area contributed by atoms with Crippen molar-refractivity contribution in [3.05, 3.63) is 46.3 Å². The molecule has 0 unspecified atom stereocenters. The van der Waals surface area contributed by atoms with Crippen LogP contribution in [-0.4, -0.2) is 18.4 Å². The Morgan fingerprint density at radius 3 is 2.75 bits per heavy atom. The fourth-order valence-corrected chi connectivity index (χ4v) is 4.32. The van der Waals surface area contributed by atoms with Crippen molar-refractivity contribution in [3.63, 3.8) is 0 Å². The van der Waals surface area contributed by atoms with Gasteiger partial charge in [-0.1, -0.05) is 6.07 Å². The van der Waals surface area contributed by atoms with Crippen LogP contribution in [0.1, 0.15) is 40.9 Å². The van der Waals surface area contributed by atoms with E-state index in [4.69, 9.17) is 4.74 Å². The summed E-state index contributed by atoms with van der Waals surface area (Å²) in [6.45, 7) is 2.90. The standard InChI is InChI=1S/C17H19N3O3S/c1-11-15-4-2-3-5-16(15)19-17(18-11)20-24(21,22)14-7-6-12-9-23-10-13(12)8-14/h6-8H,2-5,9-10H2,1H3,(H,18,19,20). The number of ether oxygens (including phenoxy) is 1. The number of anilines is 1. The molecule has 1 aliphatic carbocycles. The van der Waals surface area contributed by atoms with E-state index < -0.39 is 10.0 Å². The zero-order chi connectivity index (χ0) is 16.7. The Hall–Kier alpha value is -1.99. The summed E-state index contributed by atoms with van der Waals surface area (Å²) in [5, 5.41) is 0. The van der Waals surface area contributed by atoms with Gasteiger partial charge in [-0.15, -0.1) is 0 Å². The van der Waals surface area contributed by atoms with E-state index >= 15 is 0 Å². The average molecular weight is 345 g/mol. The Bertz CT molecular complexity index is 910. The molecule has 0 radical (unpaired) electrons. The van der Waals surface area contributed by atoms with E-state index in [1.54, 1.807) is 18.2 Å². The Morgan fingerprint density at radius 2 is 1.88 bits per heavy atom. The molecule has 0 saturated carbocycles. The van der Waals surface area contributed by atoms with E-state index in [2.05, 4.69) is 14.7 Å². The third kappa shape index (κ3) is 2.78. The van der Waals surface area contributed by atoms with Crippen LogP contribution in [0.25, 0.3) is 0 Å². The Labute approximate surface area is 141 Å². The van der Waals surface area contributed by atoms with Gasteiger partial charge in [0.2, 0.25) is 5.95 Å². The number of sulfonamides is 1. The van der Waals surface area contributed by atoms with Gasteiger partial charge in [0.15, 0.2) is 0 Å². The molecule has 1 N–H and O–H groups in total. The van der Waals surface area contributed by atoms with E-state index in [0.717, 1.165) is 48.2 Å². The van der Waals surface area contributed by atoms with Gasteiger partial charge >= 0.3 is 0 Å². The molecule has 2 aromatic rings. The van der Waals surface area contributed by atoms with Crippen LogP contribution in [0.4, 0.5) is 5.95 Å². The Balaban J connectivity index is 1.66. The largest absolute Gasteiger partial charge is 0.372 e. The van der Waals surface area contributed by atoms with Crippen molar-refractivity contribution in [2.75, 3.05) is 4.72 Å². The molecule has 7 heteroatoms. The summed E-state index contributed by atoms with van der Waals surface area (Å²) in [7, 11) is -3.71. The van der Waals surface area contributed by atoms with Crippen molar-refractivity contribution in [2.45, 2.75) is 50.7 Å². The molecule has 2 heterocycles. The first-order valence-electron chi connectivity index (χ1n) is 8.12. The lowest BCUT2D eigenvalue weighted by molar-refractivity contribution is 0.134. The summed E-state index contributed by atoms with van der Waals surface area (Å²) in [6.07, 6.45) is 4.07. The lowest BCUT2D eigenvalue weighted by Crippen LogP contribution is -2.18. The SMILES string of the molecule is Cc1nc(NS(=O)(=O)c2ccc3c(c2)COC3)nc2c1CCCC2. The second kappa shape index (κ2) is 5.82. The van der Waals surface area contributed by atoms with Gasteiger partial charge in [-0.05, 0) is 61.4 Å². The summed E-state index contributed by atoms with van der Waals surface area (Å²) in [6, 6.07) is 5.06. The highest BCUT2D eigenvalue weighted by Crippen LogP contribution is 2.26. The van der Waals surface area contributed by atoms with Gasteiger partial charge in [0.25, 0.3) is 10.0 Å². The summed E-state index contributed by atoms with van der Waals surface area (Å²) in [5.41, 5.74) is 4.95. The third-order valence-corrected chi connectivity index (χ3v) is 5.94. The van der Waals surface area contributed by atoms with Crippen LogP contribution < -0.4 is 4.72 Å². The number of nitrogens with zero attached hydrogens (tertiary/aromatic N) is 2. The van der Waals surface area contributed by atoms with E-state index in [-0.39, 0.29) is 10.8 Å². The summed E-state index contributed by atoms with van der Waals surface area (Å²) < 4.78 is 33.2. The predicted octanol–water partition coefficient (Wildman–Crippen LogP) is 2.49. The minimum Gasteiger partial charge on any atom is -0.372 e. The molecule has 1 aromatic carbocycles. The molecule has 6 nitrogen and oxygen atoms in total. The summed E-state index contributed by atoms with van der Waals surface area (Å²) in [5.74, 6) is 0.157. The quantitative estimate of drug-likeness (QED) is 0.924. The Morgan fingerprint density at radius 1 is 1.08 bits per heavy atom. The number of hydrogen-bond acceptors (Lipinski definition) is 5. The van der Waals surface area contributed by atoms with Gasteiger partial charge in [0.05, 0.1) is 18.1 Å². The number of aryl methyl sites for hydroxylation is 2. The molecule has 0 saturated heterocycles. The molecule has 0 fully saturated rings. The van der Waals surface area contributed by atoms with Gasteiger partial charge in [0, 0.05) is 11.4 Å². The fourth-order valence-electron chi connectivity index (χ4n) is 3.32. The predicted molar refractivity (Wildman–Crippen MR) is 89.2 cm³/mol. The summed E-state index contributed by atoms with van der Waals surface area (Å²) >= 11 is 0. The summed E-state index contributed by atoms with van der Waals surface area (Å²) in [4.78, 5) is 8.99. The van der Waals surface area contributed by atoms with Crippen LogP contribution in [0, 0.1) is 6.92 Å². The highest BCUT2D eigenvalue weighted by atomic mass is 32.2. The smallest absolute Gasteiger partial charge is 0.264 e. The van der Waals surface area contributed by atoms with Crippen LogP contribution in [0.2, 0.25) is 0 Å². The van der Waals surface area contributed by atoms with Crippen LogP contribution in [0.5, 0.6) is 0 Å². The molecule has 0 atom stereocenters. The van der Waals surface area contributed by atoms with E-state index in [1.165, 1.54) is 5.56 Å². The van der Waals surface area contributed by atoms with Crippen molar-refractivity contribution < 1.29 is 13.2 Å². The zero-order valence-corrected chi connectivity index (χ0v) is 14.3. The van der Waals surface area contributed by atoms with Gasteiger partial charge in [-0.25, -0.2) is 23.1 Å².